The summed E-state index contributed by atoms with van der Waals surface area (Å²) in [5.74, 6) is 0.488. The van der Waals surface area contributed by atoms with Gasteiger partial charge in [-0.15, -0.1) is 5.10 Å². The Kier molecular flexibility index (Phi) is 6.20. The molecule has 2 aliphatic rings. The van der Waals surface area contributed by atoms with Gasteiger partial charge in [0.05, 0.1) is 11.6 Å². The first-order valence-electron chi connectivity index (χ1n) is 13.1. The van der Waals surface area contributed by atoms with Gasteiger partial charge in [-0.1, -0.05) is 43.2 Å². The fourth-order valence-corrected chi connectivity index (χ4v) is 5.93. The number of aryl methyl sites for hydroxylation is 2. The molecule has 4 aromatic rings. The predicted octanol–water partition coefficient (Wildman–Crippen LogP) is 5.26. The zero-order chi connectivity index (χ0) is 25.5. The number of fused-ring (bicyclic) bond motifs is 1. The van der Waals surface area contributed by atoms with Crippen molar-refractivity contribution < 1.29 is 4.39 Å². The van der Waals surface area contributed by atoms with Crippen molar-refractivity contribution in [2.24, 2.45) is 0 Å². The van der Waals surface area contributed by atoms with Gasteiger partial charge >= 0.3 is 0 Å². The van der Waals surface area contributed by atoms with Crippen molar-refractivity contribution >= 4 is 16.5 Å². The third kappa shape index (κ3) is 4.39. The van der Waals surface area contributed by atoms with Crippen LogP contribution in [-0.4, -0.2) is 43.2 Å². The summed E-state index contributed by atoms with van der Waals surface area (Å²) in [6.45, 7) is 5.46. The second-order valence-corrected chi connectivity index (χ2v) is 10.3. The van der Waals surface area contributed by atoms with Gasteiger partial charge < -0.3 is 4.98 Å². The van der Waals surface area contributed by atoms with Crippen LogP contribution in [0.1, 0.15) is 72.3 Å². The van der Waals surface area contributed by atoms with E-state index in [4.69, 9.17) is 0 Å². The fourth-order valence-electron chi connectivity index (χ4n) is 5.93. The molecule has 1 aliphatic carbocycles. The molecule has 2 aromatic carbocycles. The number of nitrogens with one attached hydrogen (secondary N) is 1. The van der Waals surface area contributed by atoms with Crippen molar-refractivity contribution in [2.45, 2.75) is 58.0 Å². The molecule has 1 unspecified atom stereocenters. The van der Waals surface area contributed by atoms with Crippen molar-refractivity contribution in [3.05, 3.63) is 92.8 Å². The Labute approximate surface area is 215 Å². The van der Waals surface area contributed by atoms with Crippen molar-refractivity contribution in [2.75, 3.05) is 13.1 Å². The Balaban J connectivity index is 1.45. The second-order valence-electron chi connectivity index (χ2n) is 10.3. The highest BCUT2D eigenvalue weighted by atomic mass is 19.1. The molecule has 0 radical (unpaired) electrons. The SMILES string of the molecule is Cc1ccc(C)c2[nH]c(=O)c(C(c3nnnn3C3CCCC3)N3CC=C(c4ccc(F)cc4)CC3)cc12. The van der Waals surface area contributed by atoms with Gasteiger partial charge in [0.2, 0.25) is 0 Å². The Morgan fingerprint density at radius 3 is 2.54 bits per heavy atom. The summed E-state index contributed by atoms with van der Waals surface area (Å²) in [4.78, 5) is 19.1. The maximum atomic E-state index is 13.6. The lowest BCUT2D eigenvalue weighted by atomic mass is 9.95. The molecule has 1 aliphatic heterocycles. The van der Waals surface area contributed by atoms with E-state index in [1.165, 1.54) is 17.7 Å². The van der Waals surface area contributed by atoms with E-state index in [0.717, 1.165) is 72.1 Å². The number of nitrogens with zero attached hydrogens (tertiary/aromatic N) is 5. The minimum absolute atomic E-state index is 0.111. The average Bonchev–Trinajstić information content (AvgIpc) is 3.61. The third-order valence-corrected chi connectivity index (χ3v) is 8.02. The van der Waals surface area contributed by atoms with Gasteiger partial charge in [0.25, 0.3) is 5.56 Å². The fraction of sp³-hybridized carbons (Fsp3) is 0.379. The predicted molar refractivity (Wildman–Crippen MR) is 142 cm³/mol. The lowest BCUT2D eigenvalue weighted by molar-refractivity contribution is 0.229. The summed E-state index contributed by atoms with van der Waals surface area (Å²) in [7, 11) is 0. The summed E-state index contributed by atoms with van der Waals surface area (Å²) >= 11 is 0. The number of tetrazole rings is 1. The molecule has 6 rings (SSSR count). The highest BCUT2D eigenvalue weighted by Crippen LogP contribution is 2.36. The smallest absolute Gasteiger partial charge is 0.253 e. The number of aromatic amines is 1. The zero-order valence-electron chi connectivity index (χ0n) is 21.2. The van der Waals surface area contributed by atoms with Crippen LogP contribution in [0.3, 0.4) is 0 Å². The molecule has 190 valence electrons. The van der Waals surface area contributed by atoms with Gasteiger partial charge in [0, 0.05) is 24.0 Å². The van der Waals surface area contributed by atoms with Crippen molar-refractivity contribution in [1.82, 2.24) is 30.1 Å². The first-order valence-corrected chi connectivity index (χ1v) is 13.1. The molecule has 0 spiro atoms. The van der Waals surface area contributed by atoms with E-state index in [1.54, 1.807) is 0 Å². The number of benzene rings is 2. The van der Waals surface area contributed by atoms with Gasteiger partial charge in [-0.3, -0.25) is 9.69 Å². The van der Waals surface area contributed by atoms with Gasteiger partial charge in [-0.2, -0.15) is 0 Å². The number of halogens is 1. The Morgan fingerprint density at radius 2 is 1.81 bits per heavy atom. The first kappa shape index (κ1) is 23.7. The molecule has 0 bridgehead atoms. The minimum atomic E-state index is -0.380. The van der Waals surface area contributed by atoms with Crippen molar-refractivity contribution in [3.63, 3.8) is 0 Å². The number of aromatic nitrogens is 5. The zero-order valence-corrected chi connectivity index (χ0v) is 21.2. The number of H-pyrrole nitrogens is 1. The van der Waals surface area contributed by atoms with E-state index < -0.39 is 0 Å². The molecule has 1 N–H and O–H groups in total. The second kappa shape index (κ2) is 9.67. The summed E-state index contributed by atoms with van der Waals surface area (Å²) < 4.78 is 15.4. The van der Waals surface area contributed by atoms with Crippen LogP contribution in [0.5, 0.6) is 0 Å². The number of pyridine rings is 1. The molecule has 0 saturated heterocycles. The highest BCUT2D eigenvalue weighted by Gasteiger charge is 2.34. The average molecular weight is 499 g/mol. The van der Waals surface area contributed by atoms with Gasteiger partial charge in [0.1, 0.15) is 11.9 Å². The lowest BCUT2D eigenvalue weighted by Gasteiger charge is -2.34. The standard InChI is InChI=1S/C29H31FN6O/c1-18-7-8-19(2)26-24(18)17-25(29(37)31-26)27(28-32-33-34-36(28)23-5-3-4-6-23)35-15-13-21(14-16-35)20-9-11-22(30)12-10-20/h7-13,17,23,27H,3-6,14-16H2,1-2H3,(H,31,37). The van der Waals surface area contributed by atoms with Crippen LogP contribution in [0.2, 0.25) is 0 Å². The van der Waals surface area contributed by atoms with Crippen LogP contribution in [0.4, 0.5) is 4.39 Å². The van der Waals surface area contributed by atoms with Crippen LogP contribution in [0, 0.1) is 19.7 Å². The Morgan fingerprint density at radius 1 is 1.05 bits per heavy atom. The molecule has 3 heterocycles. The molecule has 0 amide bonds. The minimum Gasteiger partial charge on any atom is -0.321 e. The maximum Gasteiger partial charge on any atom is 0.253 e. The summed E-state index contributed by atoms with van der Waals surface area (Å²) in [5.41, 5.74) is 5.80. The van der Waals surface area contributed by atoms with Crippen LogP contribution < -0.4 is 5.56 Å². The van der Waals surface area contributed by atoms with E-state index in [9.17, 15) is 9.18 Å². The normalized spacial score (nSPS) is 17.9. The molecule has 1 fully saturated rings. The van der Waals surface area contributed by atoms with Gasteiger partial charge in [0.15, 0.2) is 5.82 Å². The van der Waals surface area contributed by atoms with E-state index in [0.29, 0.717) is 12.1 Å². The molecule has 1 saturated carbocycles. The van der Waals surface area contributed by atoms with Crippen LogP contribution >= 0.6 is 0 Å². The Bertz CT molecular complexity index is 1530. The number of hydrogen-bond acceptors (Lipinski definition) is 5. The highest BCUT2D eigenvalue weighted by molar-refractivity contribution is 5.85. The number of hydrogen-bond donors (Lipinski definition) is 1. The maximum absolute atomic E-state index is 13.6. The molecule has 8 heteroatoms. The van der Waals surface area contributed by atoms with Crippen molar-refractivity contribution in [3.8, 4) is 0 Å². The third-order valence-electron chi connectivity index (χ3n) is 8.02. The summed E-state index contributed by atoms with van der Waals surface area (Å²) in [6, 6.07) is 12.7. The van der Waals surface area contributed by atoms with Crippen LogP contribution in [0.25, 0.3) is 16.5 Å². The Hall–Kier alpha value is -3.65. The number of rotatable bonds is 5. The monoisotopic (exact) mass is 498 g/mol. The van der Waals surface area contributed by atoms with Gasteiger partial charge in [-0.05, 0) is 84.0 Å². The summed E-state index contributed by atoms with van der Waals surface area (Å²) in [5, 5.41) is 14.0. The van der Waals surface area contributed by atoms with E-state index in [1.807, 2.05) is 35.9 Å². The largest absolute Gasteiger partial charge is 0.321 e. The van der Waals surface area contributed by atoms with E-state index in [2.05, 4.69) is 44.5 Å². The van der Waals surface area contributed by atoms with Crippen molar-refractivity contribution in [1.29, 1.82) is 0 Å². The van der Waals surface area contributed by atoms with E-state index >= 15 is 0 Å². The molecular weight excluding hydrogens is 467 g/mol. The van der Waals surface area contributed by atoms with Crippen LogP contribution in [-0.2, 0) is 0 Å². The van der Waals surface area contributed by atoms with Crippen LogP contribution in [0.15, 0.2) is 53.3 Å². The summed E-state index contributed by atoms with van der Waals surface area (Å²) in [6.07, 6.45) is 7.39. The molecule has 7 nitrogen and oxygen atoms in total. The quantitative estimate of drug-likeness (QED) is 0.406. The topological polar surface area (TPSA) is 79.7 Å². The first-order chi connectivity index (χ1) is 18.0. The van der Waals surface area contributed by atoms with E-state index in [-0.39, 0.29) is 23.5 Å². The molecule has 37 heavy (non-hydrogen) atoms. The lowest BCUT2D eigenvalue weighted by Crippen LogP contribution is -2.38. The molecule has 1 atom stereocenters. The molecule has 2 aromatic heterocycles. The molecular formula is C29H31FN6O. The van der Waals surface area contributed by atoms with Gasteiger partial charge in [-0.25, -0.2) is 9.07 Å².